The molecule has 0 bridgehead atoms. The number of hydrogen-bond donors (Lipinski definition) is 2. The van der Waals surface area contributed by atoms with Gasteiger partial charge in [-0.05, 0) is 72.9 Å². The number of aryl methyl sites for hydroxylation is 1. The van der Waals surface area contributed by atoms with Gasteiger partial charge in [0, 0.05) is 17.6 Å². The van der Waals surface area contributed by atoms with Crippen molar-refractivity contribution in [1.29, 1.82) is 0 Å². The minimum Gasteiger partial charge on any atom is -0.356 e. The van der Waals surface area contributed by atoms with Crippen LogP contribution in [-0.2, 0) is 13.1 Å². The summed E-state index contributed by atoms with van der Waals surface area (Å²) >= 11 is 5.76. The van der Waals surface area contributed by atoms with Gasteiger partial charge in [-0.1, -0.05) is 54.1 Å². The van der Waals surface area contributed by atoms with Crippen LogP contribution in [-0.4, -0.2) is 15.0 Å². The fraction of sp³-hybridized carbons (Fsp3) is 0.185. The number of nitrogens with one attached hydrogen (secondary N) is 2. The van der Waals surface area contributed by atoms with Gasteiger partial charge < -0.3 is 15.2 Å². The van der Waals surface area contributed by atoms with E-state index >= 15 is 0 Å². The van der Waals surface area contributed by atoms with E-state index in [0.29, 0.717) is 23.8 Å². The highest BCUT2D eigenvalue weighted by atomic mass is 32.1. The topological polar surface area (TPSA) is 48.1 Å². The second-order valence-electron chi connectivity index (χ2n) is 8.28. The van der Waals surface area contributed by atoms with Crippen molar-refractivity contribution in [1.82, 2.24) is 15.2 Å². The maximum absolute atomic E-state index is 13.4. The first-order valence-corrected chi connectivity index (χ1v) is 11.3. The van der Waals surface area contributed by atoms with Crippen LogP contribution in [0.15, 0.2) is 83.7 Å². The van der Waals surface area contributed by atoms with Crippen LogP contribution < -0.4 is 10.9 Å². The number of rotatable bonds is 6. The Morgan fingerprint density at radius 3 is 2.48 bits per heavy atom. The molecule has 168 valence electrons. The summed E-state index contributed by atoms with van der Waals surface area (Å²) < 4.78 is 13.4. The number of hydrogen-bond acceptors (Lipinski definition) is 2. The first kappa shape index (κ1) is 22.7. The average Bonchev–Trinajstić information content (AvgIpc) is 2.81. The lowest BCUT2D eigenvalue weighted by atomic mass is 10.1. The molecule has 0 saturated carbocycles. The van der Waals surface area contributed by atoms with E-state index in [0.717, 1.165) is 27.6 Å². The van der Waals surface area contributed by atoms with Crippen LogP contribution in [0.4, 0.5) is 4.39 Å². The van der Waals surface area contributed by atoms with Crippen molar-refractivity contribution in [2.24, 2.45) is 0 Å². The van der Waals surface area contributed by atoms with Crippen LogP contribution in [0, 0.1) is 12.7 Å². The van der Waals surface area contributed by atoms with E-state index in [1.54, 1.807) is 12.1 Å². The van der Waals surface area contributed by atoms with Crippen molar-refractivity contribution in [3.05, 3.63) is 117 Å². The summed E-state index contributed by atoms with van der Waals surface area (Å²) in [6.45, 7) is 4.83. The summed E-state index contributed by atoms with van der Waals surface area (Å²) in [4.78, 5) is 17.7. The number of H-pyrrole nitrogens is 1. The third kappa shape index (κ3) is 5.65. The second-order valence-corrected chi connectivity index (χ2v) is 8.67. The van der Waals surface area contributed by atoms with Crippen LogP contribution in [0.1, 0.15) is 35.2 Å². The molecule has 0 amide bonds. The highest BCUT2D eigenvalue weighted by molar-refractivity contribution is 7.80. The SMILES string of the molecule is Cc1ccc2[nH]c(=O)c(CN(Cc3ccc(F)cc3)C(=S)N[C@@H](C)c3ccccc3)cc2c1. The van der Waals surface area contributed by atoms with Crippen molar-refractivity contribution in [2.45, 2.75) is 33.0 Å². The molecule has 33 heavy (non-hydrogen) atoms. The molecule has 4 nitrogen and oxygen atoms in total. The molecule has 4 rings (SSSR count). The third-order valence-electron chi connectivity index (χ3n) is 5.65. The maximum Gasteiger partial charge on any atom is 0.253 e. The predicted octanol–water partition coefficient (Wildman–Crippen LogP) is 5.61. The number of aromatic amines is 1. The van der Waals surface area contributed by atoms with Crippen molar-refractivity contribution in [2.75, 3.05) is 0 Å². The number of thiocarbonyl (C=S) groups is 1. The number of aromatic nitrogens is 1. The zero-order valence-electron chi connectivity index (χ0n) is 18.6. The van der Waals surface area contributed by atoms with Crippen molar-refractivity contribution in [3.63, 3.8) is 0 Å². The van der Waals surface area contributed by atoms with Crippen LogP contribution in [0.25, 0.3) is 10.9 Å². The molecule has 0 saturated heterocycles. The summed E-state index contributed by atoms with van der Waals surface area (Å²) in [5.74, 6) is -0.287. The summed E-state index contributed by atoms with van der Waals surface area (Å²) in [5.41, 5.74) is 4.41. The van der Waals surface area contributed by atoms with Gasteiger partial charge in [-0.25, -0.2) is 4.39 Å². The van der Waals surface area contributed by atoms with Crippen LogP contribution in [0.3, 0.4) is 0 Å². The Morgan fingerprint density at radius 1 is 1.03 bits per heavy atom. The Kier molecular flexibility index (Phi) is 6.84. The Hall–Kier alpha value is -3.51. The molecule has 3 aromatic carbocycles. The fourth-order valence-corrected chi connectivity index (χ4v) is 4.11. The van der Waals surface area contributed by atoms with Crippen molar-refractivity contribution >= 4 is 28.2 Å². The fourth-order valence-electron chi connectivity index (χ4n) is 3.81. The first-order valence-electron chi connectivity index (χ1n) is 10.9. The largest absolute Gasteiger partial charge is 0.356 e. The number of fused-ring (bicyclic) bond motifs is 1. The van der Waals surface area contributed by atoms with Gasteiger partial charge in [0.2, 0.25) is 0 Å². The van der Waals surface area contributed by atoms with Gasteiger partial charge in [0.25, 0.3) is 5.56 Å². The van der Waals surface area contributed by atoms with Crippen molar-refractivity contribution in [3.8, 4) is 0 Å². The van der Waals surface area contributed by atoms with E-state index in [9.17, 15) is 9.18 Å². The van der Waals surface area contributed by atoms with Crippen LogP contribution in [0.5, 0.6) is 0 Å². The highest BCUT2D eigenvalue weighted by Gasteiger charge is 2.16. The molecular formula is C27H26FN3OS. The zero-order chi connectivity index (χ0) is 23.4. The molecule has 1 aromatic heterocycles. The van der Waals surface area contributed by atoms with Gasteiger partial charge in [-0.15, -0.1) is 0 Å². The lowest BCUT2D eigenvalue weighted by molar-refractivity contribution is 0.392. The van der Waals surface area contributed by atoms with Gasteiger partial charge in [-0.2, -0.15) is 0 Å². The molecule has 0 spiro atoms. The Balaban J connectivity index is 1.62. The van der Waals surface area contributed by atoms with E-state index in [4.69, 9.17) is 12.2 Å². The maximum atomic E-state index is 13.4. The quantitative estimate of drug-likeness (QED) is 0.368. The minimum atomic E-state index is -0.287. The van der Waals surface area contributed by atoms with Gasteiger partial charge in [0.05, 0.1) is 12.6 Å². The second kappa shape index (κ2) is 9.96. The predicted molar refractivity (Wildman–Crippen MR) is 136 cm³/mol. The van der Waals surface area contributed by atoms with Crippen molar-refractivity contribution < 1.29 is 4.39 Å². The summed E-state index contributed by atoms with van der Waals surface area (Å²) in [6.07, 6.45) is 0. The molecule has 0 fully saturated rings. The molecule has 0 radical (unpaired) electrons. The monoisotopic (exact) mass is 459 g/mol. The van der Waals surface area contributed by atoms with Gasteiger partial charge >= 0.3 is 0 Å². The molecular weight excluding hydrogens is 433 g/mol. The van der Waals surface area contributed by atoms with E-state index in [1.807, 2.05) is 73.3 Å². The smallest absolute Gasteiger partial charge is 0.253 e. The van der Waals surface area contributed by atoms with Gasteiger partial charge in [-0.3, -0.25) is 4.79 Å². The first-order chi connectivity index (χ1) is 15.9. The number of nitrogens with zero attached hydrogens (tertiary/aromatic N) is 1. The van der Waals surface area contributed by atoms with Gasteiger partial charge in [0.1, 0.15) is 5.82 Å². The molecule has 4 aromatic rings. The molecule has 1 atom stereocenters. The van der Waals surface area contributed by atoms with Crippen LogP contribution in [0.2, 0.25) is 0 Å². The summed E-state index contributed by atoms with van der Waals surface area (Å²) in [7, 11) is 0. The molecule has 0 unspecified atom stereocenters. The number of pyridine rings is 1. The number of halogens is 1. The molecule has 1 heterocycles. The highest BCUT2D eigenvalue weighted by Crippen LogP contribution is 2.17. The Labute approximate surface area is 198 Å². The van der Waals surface area contributed by atoms with E-state index in [1.165, 1.54) is 12.1 Å². The van der Waals surface area contributed by atoms with Crippen LogP contribution >= 0.6 is 12.2 Å². The van der Waals surface area contributed by atoms with Gasteiger partial charge in [0.15, 0.2) is 5.11 Å². The Morgan fingerprint density at radius 2 is 1.76 bits per heavy atom. The molecule has 0 aliphatic carbocycles. The zero-order valence-corrected chi connectivity index (χ0v) is 19.5. The number of benzene rings is 3. The van der Waals surface area contributed by atoms with E-state index in [-0.39, 0.29) is 17.4 Å². The lowest BCUT2D eigenvalue weighted by Gasteiger charge is -2.28. The van der Waals surface area contributed by atoms with E-state index in [2.05, 4.69) is 10.3 Å². The third-order valence-corrected chi connectivity index (χ3v) is 6.03. The Bertz CT molecular complexity index is 1320. The average molecular weight is 460 g/mol. The normalized spacial score (nSPS) is 11.8. The summed E-state index contributed by atoms with van der Waals surface area (Å²) in [6, 6.07) is 24.2. The molecule has 2 N–H and O–H groups in total. The van der Waals surface area contributed by atoms with E-state index < -0.39 is 0 Å². The molecule has 0 aliphatic heterocycles. The molecule has 6 heteroatoms. The minimum absolute atomic E-state index is 0.00745. The summed E-state index contributed by atoms with van der Waals surface area (Å²) in [5, 5.41) is 4.89. The molecule has 0 aliphatic rings. The lowest BCUT2D eigenvalue weighted by Crippen LogP contribution is -2.41. The standard InChI is InChI=1S/C27H26FN3OS/c1-18-8-13-25-22(14-18)15-23(26(32)30-25)17-31(16-20-9-11-24(28)12-10-20)27(33)29-19(2)21-6-4-3-5-7-21/h3-15,19H,16-17H2,1-2H3,(H,29,33)(H,30,32)/t19-/m0/s1.